The number of nitrogens with one attached hydrogen (secondary N) is 2. The number of ether oxygens (including phenoxy) is 1. The SMILES string of the molecule is NCCNC(=O)c1nc(N)c(C2OC2NCCN)nc1N. The molecule has 2 unspecified atom stereocenters. The van der Waals surface area contributed by atoms with Crippen molar-refractivity contribution in [2.75, 3.05) is 37.6 Å². The van der Waals surface area contributed by atoms with E-state index in [2.05, 4.69) is 20.6 Å². The van der Waals surface area contributed by atoms with Gasteiger partial charge in [0.25, 0.3) is 5.91 Å². The van der Waals surface area contributed by atoms with Gasteiger partial charge in [-0.2, -0.15) is 0 Å². The van der Waals surface area contributed by atoms with Gasteiger partial charge in [0.1, 0.15) is 23.8 Å². The molecule has 116 valence electrons. The van der Waals surface area contributed by atoms with Crippen LogP contribution in [0.25, 0.3) is 0 Å². The summed E-state index contributed by atoms with van der Waals surface area (Å²) in [6.45, 7) is 1.75. The fourth-order valence-electron chi connectivity index (χ4n) is 1.82. The lowest BCUT2D eigenvalue weighted by Gasteiger charge is -2.08. The summed E-state index contributed by atoms with van der Waals surface area (Å²) in [5, 5.41) is 5.62. The summed E-state index contributed by atoms with van der Waals surface area (Å²) in [6.07, 6.45) is -0.533. The monoisotopic (exact) mass is 296 g/mol. The van der Waals surface area contributed by atoms with Gasteiger partial charge in [-0.1, -0.05) is 0 Å². The van der Waals surface area contributed by atoms with E-state index in [0.29, 0.717) is 31.9 Å². The molecule has 0 spiro atoms. The number of rotatable bonds is 7. The number of nitrogens with two attached hydrogens (primary N) is 4. The number of epoxide rings is 1. The van der Waals surface area contributed by atoms with Crippen molar-refractivity contribution in [1.29, 1.82) is 0 Å². The number of carbonyl (C=O) groups is 1. The maximum absolute atomic E-state index is 11.8. The molecule has 1 aromatic rings. The number of hydrogen-bond donors (Lipinski definition) is 6. The van der Waals surface area contributed by atoms with Gasteiger partial charge in [0.05, 0.1) is 0 Å². The van der Waals surface area contributed by atoms with Gasteiger partial charge in [-0.3, -0.25) is 10.1 Å². The van der Waals surface area contributed by atoms with E-state index < -0.39 is 5.91 Å². The molecule has 1 aliphatic rings. The van der Waals surface area contributed by atoms with Crippen LogP contribution in [-0.2, 0) is 4.74 Å². The smallest absolute Gasteiger partial charge is 0.273 e. The lowest BCUT2D eigenvalue weighted by atomic mass is 10.2. The molecule has 0 saturated carbocycles. The van der Waals surface area contributed by atoms with Crippen molar-refractivity contribution in [2.45, 2.75) is 12.3 Å². The minimum atomic E-state index is -0.460. The molecular weight excluding hydrogens is 276 g/mol. The second kappa shape index (κ2) is 6.63. The highest BCUT2D eigenvalue weighted by Crippen LogP contribution is 2.38. The molecule has 1 aliphatic heterocycles. The van der Waals surface area contributed by atoms with Crippen molar-refractivity contribution in [3.8, 4) is 0 Å². The van der Waals surface area contributed by atoms with Crippen LogP contribution >= 0.6 is 0 Å². The van der Waals surface area contributed by atoms with Crippen LogP contribution < -0.4 is 33.6 Å². The van der Waals surface area contributed by atoms with Crippen LogP contribution in [0.1, 0.15) is 22.3 Å². The molecule has 10 heteroatoms. The van der Waals surface area contributed by atoms with Gasteiger partial charge in [-0.15, -0.1) is 0 Å². The third-order valence-electron chi connectivity index (χ3n) is 2.87. The van der Waals surface area contributed by atoms with Crippen molar-refractivity contribution in [2.24, 2.45) is 11.5 Å². The predicted molar refractivity (Wildman–Crippen MR) is 76.9 cm³/mol. The molecule has 0 aromatic carbocycles. The fraction of sp³-hybridized carbons (Fsp3) is 0.545. The Balaban J connectivity index is 2.09. The molecule has 21 heavy (non-hydrogen) atoms. The maximum atomic E-state index is 11.8. The molecule has 2 heterocycles. The topological polar surface area (TPSA) is 184 Å². The number of anilines is 2. The van der Waals surface area contributed by atoms with Gasteiger partial charge in [-0.05, 0) is 0 Å². The maximum Gasteiger partial charge on any atom is 0.273 e. The minimum absolute atomic E-state index is 0.00166. The Bertz CT molecular complexity index is 523. The van der Waals surface area contributed by atoms with E-state index in [9.17, 15) is 4.79 Å². The van der Waals surface area contributed by atoms with Gasteiger partial charge in [-0.25, -0.2) is 9.97 Å². The second-order valence-electron chi connectivity index (χ2n) is 4.49. The number of aromatic nitrogens is 2. The number of nitrogens with zero attached hydrogens (tertiary/aromatic N) is 2. The van der Waals surface area contributed by atoms with Gasteiger partial charge in [0.15, 0.2) is 11.5 Å². The zero-order chi connectivity index (χ0) is 15.4. The summed E-state index contributed by atoms with van der Waals surface area (Å²) in [7, 11) is 0. The van der Waals surface area contributed by atoms with Crippen molar-refractivity contribution >= 4 is 17.5 Å². The zero-order valence-corrected chi connectivity index (χ0v) is 11.5. The van der Waals surface area contributed by atoms with Crippen LogP contribution in [0, 0.1) is 0 Å². The first-order valence-electron chi connectivity index (χ1n) is 6.58. The molecule has 2 atom stereocenters. The summed E-state index contributed by atoms with van der Waals surface area (Å²) < 4.78 is 5.38. The summed E-state index contributed by atoms with van der Waals surface area (Å²) >= 11 is 0. The summed E-state index contributed by atoms with van der Waals surface area (Å²) in [4.78, 5) is 19.9. The number of hydrogen-bond acceptors (Lipinski definition) is 9. The molecular formula is C11H20N8O2. The van der Waals surface area contributed by atoms with Gasteiger partial charge >= 0.3 is 0 Å². The van der Waals surface area contributed by atoms with E-state index in [1.165, 1.54) is 0 Å². The van der Waals surface area contributed by atoms with Crippen molar-refractivity contribution in [3.05, 3.63) is 11.4 Å². The Hall–Kier alpha value is -2.01. The van der Waals surface area contributed by atoms with E-state index in [1.54, 1.807) is 0 Å². The first kappa shape index (κ1) is 15.4. The van der Waals surface area contributed by atoms with Gasteiger partial charge in [0, 0.05) is 26.2 Å². The molecule has 1 aromatic heterocycles. The Morgan fingerprint density at radius 2 is 1.86 bits per heavy atom. The summed E-state index contributed by atoms with van der Waals surface area (Å²) in [6, 6.07) is 0. The van der Waals surface area contributed by atoms with Gasteiger partial charge < -0.3 is 33.0 Å². The lowest BCUT2D eigenvalue weighted by Crippen LogP contribution is -2.31. The van der Waals surface area contributed by atoms with E-state index in [1.807, 2.05) is 0 Å². The minimum Gasteiger partial charge on any atom is -0.382 e. The second-order valence-corrected chi connectivity index (χ2v) is 4.49. The Morgan fingerprint density at radius 3 is 2.52 bits per heavy atom. The van der Waals surface area contributed by atoms with E-state index in [0.717, 1.165) is 0 Å². The molecule has 10 N–H and O–H groups in total. The third kappa shape index (κ3) is 3.55. The molecule has 1 fully saturated rings. The average molecular weight is 296 g/mol. The van der Waals surface area contributed by atoms with Crippen molar-refractivity contribution in [1.82, 2.24) is 20.6 Å². The lowest BCUT2D eigenvalue weighted by molar-refractivity contribution is 0.0950. The van der Waals surface area contributed by atoms with Gasteiger partial charge in [0.2, 0.25) is 0 Å². The molecule has 1 amide bonds. The molecule has 2 rings (SSSR count). The average Bonchev–Trinajstić information content (AvgIpc) is 3.23. The highest BCUT2D eigenvalue weighted by Gasteiger charge is 2.43. The molecule has 1 saturated heterocycles. The predicted octanol–water partition coefficient (Wildman–Crippen LogP) is -2.72. The fourth-order valence-corrected chi connectivity index (χ4v) is 1.82. The highest BCUT2D eigenvalue weighted by molar-refractivity contribution is 5.96. The van der Waals surface area contributed by atoms with Crippen LogP contribution in [0.15, 0.2) is 0 Å². The normalized spacial score (nSPS) is 20.3. The number of nitrogen functional groups attached to an aromatic ring is 2. The van der Waals surface area contributed by atoms with Crippen LogP contribution in [0.5, 0.6) is 0 Å². The summed E-state index contributed by atoms with van der Waals surface area (Å²) in [5.41, 5.74) is 22.7. The van der Waals surface area contributed by atoms with E-state index >= 15 is 0 Å². The Kier molecular flexibility index (Phi) is 4.85. The zero-order valence-electron chi connectivity index (χ0n) is 11.5. The first-order chi connectivity index (χ1) is 10.1. The van der Waals surface area contributed by atoms with E-state index in [4.69, 9.17) is 27.7 Å². The van der Waals surface area contributed by atoms with Crippen LogP contribution in [0.3, 0.4) is 0 Å². The molecule has 0 aliphatic carbocycles. The molecule has 0 radical (unpaired) electrons. The van der Waals surface area contributed by atoms with Crippen LogP contribution in [-0.4, -0.2) is 48.3 Å². The Morgan fingerprint density at radius 1 is 1.14 bits per heavy atom. The summed E-state index contributed by atoms with van der Waals surface area (Å²) in [5.74, 6) is -0.343. The molecule has 10 nitrogen and oxygen atoms in total. The Labute approximate surface area is 121 Å². The first-order valence-corrected chi connectivity index (χ1v) is 6.58. The highest BCUT2D eigenvalue weighted by atomic mass is 16.6. The number of amides is 1. The quantitative estimate of drug-likeness (QED) is 0.291. The third-order valence-corrected chi connectivity index (χ3v) is 2.87. The van der Waals surface area contributed by atoms with E-state index in [-0.39, 0.29) is 29.7 Å². The largest absolute Gasteiger partial charge is 0.382 e. The van der Waals surface area contributed by atoms with Crippen molar-refractivity contribution in [3.63, 3.8) is 0 Å². The number of carbonyl (C=O) groups excluding carboxylic acids is 1. The van der Waals surface area contributed by atoms with Crippen LogP contribution in [0.4, 0.5) is 11.6 Å². The van der Waals surface area contributed by atoms with Crippen molar-refractivity contribution < 1.29 is 9.53 Å². The van der Waals surface area contributed by atoms with Crippen LogP contribution in [0.2, 0.25) is 0 Å². The molecule has 0 bridgehead atoms. The standard InChI is InChI=1S/C11H20N8O2/c12-1-3-16-10(20)6-9(15)18-5(8(14)19-6)7-11(21-7)17-4-2-13/h7,11,17H,1-4,12-13H2,(H2,14,19)(H2,15,18)(H,16,20).